The summed E-state index contributed by atoms with van der Waals surface area (Å²) in [5, 5.41) is 2.70. The van der Waals surface area contributed by atoms with Gasteiger partial charge in [-0.2, -0.15) is 0 Å². The minimum atomic E-state index is -3.68. The zero-order valence-corrected chi connectivity index (χ0v) is 19.7. The standard InChI is InChI=1S/C23H30N2O6S/c1-23(2,3)17-5-8-19(9-6-17)29-12-11-24-22(26)16-25(32(4,27)28)18-7-10-20-21(15-18)31-14-13-30-20/h5-10,15H,11-14,16H2,1-4H3,(H,24,26). The number of nitrogens with one attached hydrogen (secondary N) is 1. The first kappa shape index (κ1) is 23.7. The van der Waals surface area contributed by atoms with Crippen molar-refractivity contribution >= 4 is 21.6 Å². The number of amides is 1. The van der Waals surface area contributed by atoms with Crippen molar-refractivity contribution in [1.82, 2.24) is 5.32 Å². The Hall–Kier alpha value is -2.94. The topological polar surface area (TPSA) is 94.2 Å². The molecular weight excluding hydrogens is 432 g/mol. The largest absolute Gasteiger partial charge is 0.492 e. The van der Waals surface area contributed by atoms with Gasteiger partial charge in [0, 0.05) is 6.07 Å². The monoisotopic (exact) mass is 462 g/mol. The van der Waals surface area contributed by atoms with E-state index in [2.05, 4.69) is 26.1 Å². The van der Waals surface area contributed by atoms with Gasteiger partial charge in [0.2, 0.25) is 15.9 Å². The first-order chi connectivity index (χ1) is 15.0. The number of anilines is 1. The lowest BCUT2D eigenvalue weighted by molar-refractivity contribution is -0.119. The molecule has 1 amide bonds. The van der Waals surface area contributed by atoms with E-state index in [9.17, 15) is 13.2 Å². The van der Waals surface area contributed by atoms with Crippen LogP contribution >= 0.6 is 0 Å². The van der Waals surface area contributed by atoms with Crippen LogP contribution in [0.1, 0.15) is 26.3 Å². The molecule has 0 saturated heterocycles. The van der Waals surface area contributed by atoms with E-state index >= 15 is 0 Å². The van der Waals surface area contributed by atoms with Crippen molar-refractivity contribution in [2.45, 2.75) is 26.2 Å². The fourth-order valence-corrected chi connectivity index (χ4v) is 4.03. The predicted molar refractivity (Wildman–Crippen MR) is 123 cm³/mol. The highest BCUT2D eigenvalue weighted by atomic mass is 32.2. The second-order valence-corrected chi connectivity index (χ2v) is 10.5. The maximum atomic E-state index is 12.4. The summed E-state index contributed by atoms with van der Waals surface area (Å²) < 4.78 is 42.3. The van der Waals surface area contributed by atoms with E-state index in [0.717, 1.165) is 10.6 Å². The Balaban J connectivity index is 1.54. The number of benzene rings is 2. The lowest BCUT2D eigenvalue weighted by atomic mass is 9.87. The summed E-state index contributed by atoms with van der Waals surface area (Å²) in [5.74, 6) is 1.28. The molecule has 1 aliphatic rings. The van der Waals surface area contributed by atoms with E-state index in [4.69, 9.17) is 14.2 Å². The number of ether oxygens (including phenoxy) is 3. The summed E-state index contributed by atoms with van der Waals surface area (Å²) in [4.78, 5) is 12.4. The molecule has 0 atom stereocenters. The van der Waals surface area contributed by atoms with Crippen LogP contribution in [0.2, 0.25) is 0 Å². The zero-order chi connectivity index (χ0) is 23.4. The normalized spacial score (nSPS) is 13.4. The first-order valence-electron chi connectivity index (χ1n) is 10.4. The maximum Gasteiger partial charge on any atom is 0.240 e. The number of hydrogen-bond acceptors (Lipinski definition) is 6. The number of rotatable bonds is 8. The van der Waals surface area contributed by atoms with Gasteiger partial charge in [0.15, 0.2) is 11.5 Å². The molecule has 0 aromatic heterocycles. The maximum absolute atomic E-state index is 12.4. The van der Waals surface area contributed by atoms with Gasteiger partial charge in [0.25, 0.3) is 0 Å². The van der Waals surface area contributed by atoms with Crippen LogP contribution in [0.15, 0.2) is 42.5 Å². The lowest BCUT2D eigenvalue weighted by Crippen LogP contribution is -2.41. The molecular formula is C23H30N2O6S. The molecule has 0 bridgehead atoms. The van der Waals surface area contributed by atoms with E-state index in [1.54, 1.807) is 18.2 Å². The summed E-state index contributed by atoms with van der Waals surface area (Å²) in [6.45, 7) is 7.42. The van der Waals surface area contributed by atoms with Gasteiger partial charge in [-0.25, -0.2) is 8.42 Å². The van der Waals surface area contributed by atoms with E-state index in [0.29, 0.717) is 36.1 Å². The number of hydrogen-bond donors (Lipinski definition) is 1. The number of fused-ring (bicyclic) bond motifs is 1. The zero-order valence-electron chi connectivity index (χ0n) is 18.9. The molecule has 32 heavy (non-hydrogen) atoms. The van der Waals surface area contributed by atoms with E-state index in [-0.39, 0.29) is 25.1 Å². The highest BCUT2D eigenvalue weighted by Gasteiger charge is 2.23. The van der Waals surface area contributed by atoms with E-state index in [1.807, 2.05) is 24.3 Å². The molecule has 9 heteroatoms. The van der Waals surface area contributed by atoms with Gasteiger partial charge in [0.05, 0.1) is 18.5 Å². The second-order valence-electron chi connectivity index (χ2n) is 8.57. The molecule has 0 radical (unpaired) electrons. The molecule has 2 aromatic carbocycles. The minimum Gasteiger partial charge on any atom is -0.492 e. The average Bonchev–Trinajstić information content (AvgIpc) is 2.73. The average molecular weight is 463 g/mol. The van der Waals surface area contributed by atoms with Gasteiger partial charge in [-0.05, 0) is 35.2 Å². The lowest BCUT2D eigenvalue weighted by Gasteiger charge is -2.24. The number of carbonyl (C=O) groups excluding carboxylic acids is 1. The molecule has 0 aliphatic carbocycles. The molecule has 1 heterocycles. The van der Waals surface area contributed by atoms with Crippen LogP contribution in [0.25, 0.3) is 0 Å². The highest BCUT2D eigenvalue weighted by molar-refractivity contribution is 7.92. The summed E-state index contributed by atoms with van der Waals surface area (Å²) >= 11 is 0. The molecule has 0 saturated carbocycles. The second kappa shape index (κ2) is 9.68. The quantitative estimate of drug-likeness (QED) is 0.607. The number of sulfonamides is 1. The van der Waals surface area contributed by atoms with E-state index in [1.165, 1.54) is 5.56 Å². The van der Waals surface area contributed by atoms with Gasteiger partial charge in [-0.1, -0.05) is 32.9 Å². The van der Waals surface area contributed by atoms with E-state index < -0.39 is 15.9 Å². The van der Waals surface area contributed by atoms with Crippen LogP contribution in [0.5, 0.6) is 17.2 Å². The third-order valence-electron chi connectivity index (χ3n) is 4.91. The number of nitrogens with zero attached hydrogens (tertiary/aromatic N) is 1. The Morgan fingerprint density at radius 3 is 2.34 bits per heavy atom. The highest BCUT2D eigenvalue weighted by Crippen LogP contribution is 2.34. The summed E-state index contributed by atoms with van der Waals surface area (Å²) in [6.07, 6.45) is 1.06. The van der Waals surface area contributed by atoms with Gasteiger partial charge in [-0.15, -0.1) is 0 Å². The van der Waals surface area contributed by atoms with Crippen LogP contribution in [0.3, 0.4) is 0 Å². The van der Waals surface area contributed by atoms with Crippen molar-refractivity contribution in [3.63, 3.8) is 0 Å². The molecule has 2 aromatic rings. The fraction of sp³-hybridized carbons (Fsp3) is 0.435. The minimum absolute atomic E-state index is 0.0647. The molecule has 0 spiro atoms. The Morgan fingerprint density at radius 1 is 1.06 bits per heavy atom. The van der Waals surface area contributed by atoms with Crippen LogP contribution in [-0.2, 0) is 20.2 Å². The third kappa shape index (κ3) is 6.29. The molecule has 1 N–H and O–H groups in total. The van der Waals surface area contributed by atoms with Crippen molar-refractivity contribution in [3.8, 4) is 17.2 Å². The van der Waals surface area contributed by atoms with Crippen molar-refractivity contribution < 1.29 is 27.4 Å². The first-order valence-corrected chi connectivity index (χ1v) is 12.3. The van der Waals surface area contributed by atoms with Crippen molar-refractivity contribution in [1.29, 1.82) is 0 Å². The van der Waals surface area contributed by atoms with Crippen molar-refractivity contribution in [3.05, 3.63) is 48.0 Å². The molecule has 0 fully saturated rings. The SMILES string of the molecule is CC(C)(C)c1ccc(OCCNC(=O)CN(c2ccc3c(c2)OCCO3)S(C)(=O)=O)cc1. The van der Waals surface area contributed by atoms with Crippen molar-refractivity contribution in [2.75, 3.05) is 43.5 Å². The Bertz CT molecular complexity index is 1050. The Labute approximate surface area is 189 Å². The van der Waals surface area contributed by atoms with Crippen LogP contribution in [0, 0.1) is 0 Å². The van der Waals surface area contributed by atoms with Gasteiger partial charge < -0.3 is 19.5 Å². The third-order valence-corrected chi connectivity index (χ3v) is 6.06. The Morgan fingerprint density at radius 2 is 1.72 bits per heavy atom. The molecule has 0 unspecified atom stereocenters. The fourth-order valence-electron chi connectivity index (χ4n) is 3.18. The van der Waals surface area contributed by atoms with Gasteiger partial charge in [0.1, 0.15) is 32.1 Å². The summed E-state index contributed by atoms with van der Waals surface area (Å²) in [6, 6.07) is 12.6. The molecule has 3 rings (SSSR count). The van der Waals surface area contributed by atoms with Gasteiger partial charge in [-0.3, -0.25) is 9.10 Å². The number of carbonyl (C=O) groups is 1. The molecule has 1 aliphatic heterocycles. The van der Waals surface area contributed by atoms with Crippen LogP contribution in [-0.4, -0.2) is 53.5 Å². The Kier molecular flexibility index (Phi) is 7.18. The molecule has 174 valence electrons. The predicted octanol–water partition coefficient (Wildman–Crippen LogP) is 2.72. The van der Waals surface area contributed by atoms with Gasteiger partial charge >= 0.3 is 0 Å². The van der Waals surface area contributed by atoms with Crippen LogP contribution in [0.4, 0.5) is 5.69 Å². The van der Waals surface area contributed by atoms with Crippen molar-refractivity contribution in [2.24, 2.45) is 0 Å². The summed E-state index contributed by atoms with van der Waals surface area (Å²) in [5.41, 5.74) is 1.61. The van der Waals surface area contributed by atoms with Crippen LogP contribution < -0.4 is 23.8 Å². The smallest absolute Gasteiger partial charge is 0.240 e. The molecule has 8 nitrogen and oxygen atoms in total. The summed E-state index contributed by atoms with van der Waals surface area (Å²) in [7, 11) is -3.68.